The zero-order chi connectivity index (χ0) is 27.9. The van der Waals surface area contributed by atoms with E-state index in [0.717, 1.165) is 40.7 Å². The molecule has 2 aliphatic rings. The van der Waals surface area contributed by atoms with Gasteiger partial charge in [0.25, 0.3) is 0 Å². The second-order valence-corrected chi connectivity index (χ2v) is 11.4. The van der Waals surface area contributed by atoms with E-state index in [1.807, 2.05) is 59.0 Å². The molecular weight excluding hydrogens is 494 g/mol. The number of rotatable bonds is 6. The first-order valence-electron chi connectivity index (χ1n) is 13.3. The van der Waals surface area contributed by atoms with Crippen molar-refractivity contribution in [3.8, 4) is 6.07 Å². The Morgan fingerprint density at radius 2 is 2.13 bits per heavy atom. The van der Waals surface area contributed by atoms with Gasteiger partial charge in [0, 0.05) is 30.6 Å². The molecule has 2 bridgehead atoms. The Labute approximate surface area is 228 Å². The Morgan fingerprint density at radius 3 is 2.79 bits per heavy atom. The van der Waals surface area contributed by atoms with Crippen molar-refractivity contribution in [1.29, 1.82) is 5.26 Å². The summed E-state index contributed by atoms with van der Waals surface area (Å²) in [6.07, 6.45) is 2.64. The first-order valence-corrected chi connectivity index (χ1v) is 13.3. The highest BCUT2D eigenvalue weighted by Crippen LogP contribution is 2.35. The van der Waals surface area contributed by atoms with E-state index in [1.165, 1.54) is 4.90 Å². The highest BCUT2D eigenvalue weighted by atomic mass is 16.6. The smallest absolute Gasteiger partial charge is 0.410 e. The van der Waals surface area contributed by atoms with Crippen molar-refractivity contribution in [1.82, 2.24) is 20.1 Å². The molecule has 204 valence electrons. The summed E-state index contributed by atoms with van der Waals surface area (Å²) in [5, 5.41) is 23.8. The van der Waals surface area contributed by atoms with Gasteiger partial charge in [-0.25, -0.2) is 9.78 Å². The molecule has 2 aliphatic heterocycles. The van der Waals surface area contributed by atoms with Gasteiger partial charge in [-0.1, -0.05) is 12.1 Å². The average molecular weight is 530 g/mol. The lowest BCUT2D eigenvalue weighted by Gasteiger charge is -2.28. The molecular formula is C29H35N7O3. The van der Waals surface area contributed by atoms with Crippen LogP contribution in [0.15, 0.2) is 30.5 Å². The first-order chi connectivity index (χ1) is 18.5. The molecule has 2 saturated heterocycles. The number of hydrogen-bond donors (Lipinski definition) is 1. The highest BCUT2D eigenvalue weighted by Gasteiger charge is 2.39. The summed E-state index contributed by atoms with van der Waals surface area (Å²) in [4.78, 5) is 21.2. The fraction of sp³-hybridized carbons (Fsp3) is 0.483. The fourth-order valence-corrected chi connectivity index (χ4v) is 5.30. The summed E-state index contributed by atoms with van der Waals surface area (Å²) in [5.74, 6) is 1.49. The van der Waals surface area contributed by atoms with Gasteiger partial charge in [-0.2, -0.15) is 10.4 Å². The number of ether oxygens (including phenoxy) is 2. The second-order valence-electron chi connectivity index (χ2n) is 11.4. The fourth-order valence-electron chi connectivity index (χ4n) is 5.30. The molecule has 0 radical (unpaired) electrons. The number of nitrogens with zero attached hydrogens (tertiary/aromatic N) is 6. The monoisotopic (exact) mass is 529 g/mol. The number of morpholine rings is 1. The number of hydrogen-bond acceptors (Lipinski definition) is 9. The van der Waals surface area contributed by atoms with E-state index >= 15 is 0 Å². The van der Waals surface area contributed by atoms with Crippen molar-refractivity contribution in [3.05, 3.63) is 52.8 Å². The summed E-state index contributed by atoms with van der Waals surface area (Å²) in [5.41, 5.74) is 2.63. The van der Waals surface area contributed by atoms with Crippen LogP contribution in [0.1, 0.15) is 62.5 Å². The molecule has 3 aromatic rings. The molecule has 1 amide bonds. The van der Waals surface area contributed by atoms with E-state index in [4.69, 9.17) is 14.5 Å². The predicted octanol–water partition coefficient (Wildman–Crippen LogP) is 4.72. The van der Waals surface area contributed by atoms with Crippen LogP contribution in [0.5, 0.6) is 0 Å². The van der Waals surface area contributed by atoms with Crippen LogP contribution in [-0.4, -0.2) is 64.1 Å². The lowest BCUT2D eigenvalue weighted by molar-refractivity contribution is 0.0283. The molecule has 2 fully saturated rings. The molecule has 4 heterocycles. The third kappa shape index (κ3) is 5.45. The van der Waals surface area contributed by atoms with Crippen LogP contribution in [0, 0.1) is 18.3 Å². The molecule has 0 aliphatic carbocycles. The van der Waals surface area contributed by atoms with E-state index in [-0.39, 0.29) is 18.7 Å². The second kappa shape index (κ2) is 10.3. The number of pyridine rings is 1. The number of carbonyl (C=O) groups excluding carboxylic acids is 1. The Bertz CT molecular complexity index is 1450. The lowest BCUT2D eigenvalue weighted by Crippen LogP contribution is -2.37. The minimum atomic E-state index is -0.598. The van der Waals surface area contributed by atoms with Crippen LogP contribution in [0.25, 0.3) is 10.8 Å². The zero-order valence-electron chi connectivity index (χ0n) is 23.4. The first kappa shape index (κ1) is 26.6. The molecule has 10 heteroatoms. The molecule has 10 nitrogen and oxygen atoms in total. The quantitative estimate of drug-likeness (QED) is 0.484. The van der Waals surface area contributed by atoms with E-state index < -0.39 is 11.7 Å². The summed E-state index contributed by atoms with van der Waals surface area (Å²) in [7, 11) is 1.68. The zero-order valence-corrected chi connectivity index (χ0v) is 23.4. The van der Waals surface area contributed by atoms with E-state index in [2.05, 4.69) is 32.5 Å². The van der Waals surface area contributed by atoms with Gasteiger partial charge in [-0.15, -0.1) is 5.10 Å². The Morgan fingerprint density at radius 1 is 1.33 bits per heavy atom. The van der Waals surface area contributed by atoms with Crippen molar-refractivity contribution < 1.29 is 14.3 Å². The number of aromatic nitrogens is 3. The Hall–Kier alpha value is -3.97. The summed E-state index contributed by atoms with van der Waals surface area (Å²) in [6.45, 7) is 11.3. The van der Waals surface area contributed by atoms with Gasteiger partial charge in [-0.05, 0) is 64.3 Å². The van der Waals surface area contributed by atoms with Gasteiger partial charge < -0.3 is 24.6 Å². The Kier molecular flexibility index (Phi) is 7.03. The van der Waals surface area contributed by atoms with Crippen LogP contribution in [0.4, 0.5) is 16.4 Å². The molecule has 1 N–H and O–H groups in total. The summed E-state index contributed by atoms with van der Waals surface area (Å²) < 4.78 is 11.3. The number of nitriles is 1. The van der Waals surface area contributed by atoms with Crippen LogP contribution < -0.4 is 10.2 Å². The molecule has 2 aromatic heterocycles. The highest BCUT2D eigenvalue weighted by molar-refractivity contribution is 5.94. The van der Waals surface area contributed by atoms with Gasteiger partial charge in [0.2, 0.25) is 0 Å². The third-order valence-electron chi connectivity index (χ3n) is 7.33. The third-order valence-corrected chi connectivity index (χ3v) is 7.33. The summed E-state index contributed by atoms with van der Waals surface area (Å²) in [6, 6.07) is 10.2. The largest absolute Gasteiger partial charge is 0.444 e. The SMILES string of the molecule is Cc1c(C#N)cccc1[C@@H](C)Nc1nnc(CN(C)C(=O)OC(C)(C)C)c2cnc(N3C[C@H]4C[C@@H]3CO4)cc12. The minimum Gasteiger partial charge on any atom is -0.444 e. The van der Waals surface area contributed by atoms with Gasteiger partial charge in [0.05, 0.1) is 48.7 Å². The maximum Gasteiger partial charge on any atom is 0.410 e. The molecule has 0 saturated carbocycles. The summed E-state index contributed by atoms with van der Waals surface area (Å²) >= 11 is 0. The number of carbonyl (C=O) groups is 1. The molecule has 5 rings (SSSR count). The van der Waals surface area contributed by atoms with E-state index in [0.29, 0.717) is 29.7 Å². The van der Waals surface area contributed by atoms with Gasteiger partial charge >= 0.3 is 6.09 Å². The molecule has 0 spiro atoms. The van der Waals surface area contributed by atoms with Crippen LogP contribution in [0.3, 0.4) is 0 Å². The molecule has 3 atom stereocenters. The Balaban J connectivity index is 1.51. The van der Waals surface area contributed by atoms with Crippen LogP contribution in [-0.2, 0) is 16.0 Å². The van der Waals surface area contributed by atoms with Crippen molar-refractivity contribution in [2.45, 2.75) is 71.4 Å². The number of amides is 1. The lowest BCUT2D eigenvalue weighted by atomic mass is 9.98. The minimum absolute atomic E-state index is 0.126. The van der Waals surface area contributed by atoms with Crippen LogP contribution in [0.2, 0.25) is 0 Å². The molecule has 1 aromatic carbocycles. The topological polar surface area (TPSA) is 116 Å². The van der Waals surface area contributed by atoms with Gasteiger partial charge in [-0.3, -0.25) is 0 Å². The number of nitrogens with one attached hydrogen (secondary N) is 1. The van der Waals surface area contributed by atoms with E-state index in [9.17, 15) is 10.1 Å². The van der Waals surface area contributed by atoms with Crippen molar-refractivity contribution in [3.63, 3.8) is 0 Å². The maximum absolute atomic E-state index is 12.6. The molecule has 0 unspecified atom stereocenters. The normalized spacial score (nSPS) is 19.2. The van der Waals surface area contributed by atoms with Crippen molar-refractivity contribution in [2.75, 3.05) is 30.4 Å². The standard InChI is InChI=1S/C29H35N7O3/c1-17-19(12-30)8-7-9-22(17)18(2)32-27-23-11-26(36-14-21-10-20(36)16-38-21)31-13-24(23)25(33-34-27)15-35(6)28(37)39-29(3,4)5/h7-9,11,13,18,20-21H,10,14-16H2,1-6H3,(H,32,34)/t18-,20-,21-/m1/s1. The number of benzene rings is 1. The van der Waals surface area contributed by atoms with Crippen molar-refractivity contribution in [2.24, 2.45) is 0 Å². The predicted molar refractivity (Wildman–Crippen MR) is 148 cm³/mol. The van der Waals surface area contributed by atoms with E-state index in [1.54, 1.807) is 7.05 Å². The molecule has 39 heavy (non-hydrogen) atoms. The number of fused-ring (bicyclic) bond motifs is 3. The van der Waals surface area contributed by atoms with Gasteiger partial charge in [0.1, 0.15) is 11.4 Å². The average Bonchev–Trinajstić information content (AvgIpc) is 3.53. The van der Waals surface area contributed by atoms with Gasteiger partial charge in [0.15, 0.2) is 5.82 Å². The van der Waals surface area contributed by atoms with Crippen molar-refractivity contribution >= 4 is 28.5 Å². The number of anilines is 2. The maximum atomic E-state index is 12.6. The van der Waals surface area contributed by atoms with Crippen LogP contribution >= 0.6 is 0 Å².